The first-order chi connectivity index (χ1) is 15.6. The van der Waals surface area contributed by atoms with Gasteiger partial charge >= 0.3 is 0 Å². The van der Waals surface area contributed by atoms with Crippen LogP contribution < -0.4 is 24.3 Å². The Bertz CT molecular complexity index is 1160. The van der Waals surface area contributed by atoms with Crippen LogP contribution in [0.15, 0.2) is 29.0 Å². The van der Waals surface area contributed by atoms with Crippen molar-refractivity contribution in [2.45, 2.75) is 25.8 Å². The second-order valence-corrected chi connectivity index (χ2v) is 8.83. The molecule has 0 aliphatic carbocycles. The van der Waals surface area contributed by atoms with Gasteiger partial charge in [0.05, 0.1) is 29.4 Å². The number of anilines is 2. The second kappa shape index (κ2) is 8.99. The molecule has 0 fully saturated rings. The number of rotatable bonds is 1. The van der Waals surface area contributed by atoms with Crippen molar-refractivity contribution < 1.29 is 18.9 Å². The van der Waals surface area contributed by atoms with Crippen LogP contribution in [0.3, 0.4) is 0 Å². The molecule has 1 N–H and O–H groups in total. The molecule has 0 radical (unpaired) electrons. The van der Waals surface area contributed by atoms with E-state index >= 15 is 0 Å². The third-order valence-corrected chi connectivity index (χ3v) is 6.31. The fourth-order valence-corrected chi connectivity index (χ4v) is 4.68. The Balaban J connectivity index is 1.67. The summed E-state index contributed by atoms with van der Waals surface area (Å²) in [6.07, 6.45) is 4.70. The highest BCUT2D eigenvalue weighted by molar-refractivity contribution is 9.10. The van der Waals surface area contributed by atoms with Crippen molar-refractivity contribution in [3.8, 4) is 23.0 Å². The lowest BCUT2D eigenvalue weighted by Gasteiger charge is -2.21. The van der Waals surface area contributed by atoms with Gasteiger partial charge in [0.25, 0.3) is 0 Å². The maximum absolute atomic E-state index is 6.08. The van der Waals surface area contributed by atoms with Crippen molar-refractivity contribution in [1.29, 1.82) is 0 Å². The second-order valence-electron chi connectivity index (χ2n) is 7.97. The first-order valence-corrected chi connectivity index (χ1v) is 11.5. The monoisotopic (exact) mass is 500 g/mol. The van der Waals surface area contributed by atoms with E-state index in [0.717, 1.165) is 59.0 Å². The van der Waals surface area contributed by atoms with E-state index in [2.05, 4.69) is 49.2 Å². The third kappa shape index (κ3) is 4.02. The molecular weight excluding hydrogens is 476 g/mol. The Morgan fingerprint density at radius 3 is 2.81 bits per heavy atom. The van der Waals surface area contributed by atoms with Gasteiger partial charge in [-0.15, -0.1) is 0 Å². The van der Waals surface area contributed by atoms with Crippen molar-refractivity contribution in [2.75, 3.05) is 39.4 Å². The summed E-state index contributed by atoms with van der Waals surface area (Å²) in [5.41, 5.74) is 2.71. The fraction of sp³-hybridized carbons (Fsp3) is 0.391. The van der Waals surface area contributed by atoms with Gasteiger partial charge in [0.1, 0.15) is 12.1 Å². The average molecular weight is 501 g/mol. The van der Waals surface area contributed by atoms with E-state index in [1.807, 2.05) is 12.1 Å². The van der Waals surface area contributed by atoms with E-state index in [1.54, 1.807) is 13.4 Å². The van der Waals surface area contributed by atoms with Crippen LogP contribution in [0.2, 0.25) is 0 Å². The molecule has 0 unspecified atom stereocenters. The van der Waals surface area contributed by atoms with Crippen LogP contribution in [-0.4, -0.2) is 49.0 Å². The number of aromatic nitrogens is 2. The third-order valence-electron chi connectivity index (χ3n) is 5.72. The Morgan fingerprint density at radius 1 is 1.06 bits per heavy atom. The first kappa shape index (κ1) is 21.1. The van der Waals surface area contributed by atoms with Gasteiger partial charge in [-0.1, -0.05) is 0 Å². The Hall–Kier alpha value is -2.78. The lowest BCUT2D eigenvalue weighted by molar-refractivity contribution is 0.174. The SMILES string of the molecule is COc1cc2ncnc3c2cc1OCCCCCN(C)Cc1cc(Br)c2c(c1N3)OCO2. The topological polar surface area (TPSA) is 78.0 Å². The number of nitrogens with zero attached hydrogens (tertiary/aromatic N) is 3. The predicted octanol–water partition coefficient (Wildman–Crippen LogP) is 4.87. The van der Waals surface area contributed by atoms with Gasteiger partial charge in [0.15, 0.2) is 23.0 Å². The molecule has 0 atom stereocenters. The summed E-state index contributed by atoms with van der Waals surface area (Å²) in [6.45, 7) is 2.56. The summed E-state index contributed by atoms with van der Waals surface area (Å²) >= 11 is 3.64. The van der Waals surface area contributed by atoms with Gasteiger partial charge in [0.2, 0.25) is 6.79 Å². The zero-order valence-corrected chi connectivity index (χ0v) is 19.7. The molecule has 0 amide bonds. The quantitative estimate of drug-likeness (QED) is 0.507. The molecule has 1 aromatic heterocycles. The molecule has 2 bridgehead atoms. The highest BCUT2D eigenvalue weighted by atomic mass is 79.9. The minimum Gasteiger partial charge on any atom is -0.493 e. The lowest BCUT2D eigenvalue weighted by atomic mass is 10.1. The normalized spacial score (nSPS) is 16.6. The van der Waals surface area contributed by atoms with Gasteiger partial charge in [-0.25, -0.2) is 9.97 Å². The number of fused-ring (bicyclic) bond motifs is 4. The van der Waals surface area contributed by atoms with Crippen LogP contribution in [0.25, 0.3) is 10.9 Å². The number of halogens is 1. The zero-order chi connectivity index (χ0) is 22.1. The molecule has 2 aliphatic rings. The van der Waals surface area contributed by atoms with Crippen LogP contribution in [0.4, 0.5) is 11.5 Å². The van der Waals surface area contributed by atoms with Crippen LogP contribution in [0, 0.1) is 0 Å². The van der Waals surface area contributed by atoms with Gasteiger partial charge in [-0.2, -0.15) is 0 Å². The summed E-state index contributed by atoms with van der Waals surface area (Å²) in [4.78, 5) is 11.3. The maximum atomic E-state index is 6.08. The zero-order valence-electron chi connectivity index (χ0n) is 18.1. The average Bonchev–Trinajstić information content (AvgIpc) is 3.28. The van der Waals surface area contributed by atoms with E-state index in [1.165, 1.54) is 0 Å². The predicted molar refractivity (Wildman–Crippen MR) is 125 cm³/mol. The van der Waals surface area contributed by atoms with Gasteiger partial charge < -0.3 is 29.2 Å². The number of ether oxygens (including phenoxy) is 4. The minimum atomic E-state index is 0.182. The van der Waals surface area contributed by atoms with E-state index < -0.39 is 0 Å². The Morgan fingerprint density at radius 2 is 1.94 bits per heavy atom. The largest absolute Gasteiger partial charge is 0.493 e. The van der Waals surface area contributed by atoms with E-state index in [-0.39, 0.29) is 6.79 Å². The van der Waals surface area contributed by atoms with Crippen molar-refractivity contribution in [2.24, 2.45) is 0 Å². The lowest BCUT2D eigenvalue weighted by Crippen LogP contribution is -2.20. The number of methoxy groups -OCH3 is 1. The summed E-state index contributed by atoms with van der Waals surface area (Å²) in [7, 11) is 3.77. The van der Waals surface area contributed by atoms with E-state index in [4.69, 9.17) is 18.9 Å². The smallest absolute Gasteiger partial charge is 0.231 e. The standard InChI is InChI=1S/C23H25BrN4O4/c1-28-6-4-3-5-7-30-19-9-15-17(10-18(19)29-2)25-12-26-23(15)27-20-14(11-28)8-16(24)21-22(20)32-13-31-21/h8-10,12H,3-7,11,13H2,1-2H3,(H,25,26,27). The molecule has 0 saturated heterocycles. The molecule has 0 saturated carbocycles. The molecule has 168 valence electrons. The number of nitrogens with one attached hydrogen (secondary N) is 1. The van der Waals surface area contributed by atoms with Crippen LogP contribution >= 0.6 is 15.9 Å². The van der Waals surface area contributed by atoms with Crippen molar-refractivity contribution in [3.63, 3.8) is 0 Å². The molecule has 3 aromatic rings. The molecule has 2 aromatic carbocycles. The van der Waals surface area contributed by atoms with E-state index in [9.17, 15) is 0 Å². The first-order valence-electron chi connectivity index (χ1n) is 10.7. The molecule has 3 heterocycles. The summed E-state index contributed by atoms with van der Waals surface area (Å²) < 4.78 is 24.1. The Labute approximate surface area is 195 Å². The van der Waals surface area contributed by atoms with Gasteiger partial charge in [-0.05, 0) is 66.5 Å². The van der Waals surface area contributed by atoms with Crippen LogP contribution in [-0.2, 0) is 6.54 Å². The summed E-state index contributed by atoms with van der Waals surface area (Å²) in [5, 5.41) is 4.35. The van der Waals surface area contributed by atoms with Crippen molar-refractivity contribution in [1.82, 2.24) is 14.9 Å². The highest BCUT2D eigenvalue weighted by Gasteiger charge is 2.26. The number of benzene rings is 2. The van der Waals surface area contributed by atoms with Gasteiger partial charge in [0, 0.05) is 18.0 Å². The molecule has 32 heavy (non-hydrogen) atoms. The molecule has 2 aliphatic heterocycles. The highest BCUT2D eigenvalue weighted by Crippen LogP contribution is 2.48. The van der Waals surface area contributed by atoms with Gasteiger partial charge in [-0.3, -0.25) is 0 Å². The molecule has 9 heteroatoms. The minimum absolute atomic E-state index is 0.182. The molecule has 8 nitrogen and oxygen atoms in total. The number of hydrogen-bond acceptors (Lipinski definition) is 8. The van der Waals surface area contributed by atoms with Crippen molar-refractivity contribution in [3.05, 3.63) is 34.6 Å². The Kier molecular flexibility index (Phi) is 5.93. The van der Waals surface area contributed by atoms with E-state index in [0.29, 0.717) is 35.4 Å². The fourth-order valence-electron chi connectivity index (χ4n) is 4.11. The van der Waals surface area contributed by atoms with Crippen LogP contribution in [0.5, 0.6) is 23.0 Å². The van der Waals surface area contributed by atoms with Crippen molar-refractivity contribution >= 4 is 38.3 Å². The summed E-state index contributed by atoms with van der Waals surface area (Å²) in [5.74, 6) is 3.39. The molecule has 5 rings (SSSR count). The number of hydrogen-bond donors (Lipinski definition) is 1. The molecule has 0 spiro atoms. The summed E-state index contributed by atoms with van der Waals surface area (Å²) in [6, 6.07) is 5.92. The maximum Gasteiger partial charge on any atom is 0.231 e. The molecular formula is C23H25BrN4O4. The van der Waals surface area contributed by atoms with Crippen LogP contribution in [0.1, 0.15) is 24.8 Å².